The van der Waals surface area contributed by atoms with E-state index in [2.05, 4.69) is 36.5 Å². The molecular weight excluding hydrogens is 378 g/mol. The van der Waals surface area contributed by atoms with Gasteiger partial charge in [0.2, 0.25) is 11.8 Å². The third-order valence-electron chi connectivity index (χ3n) is 5.03. The van der Waals surface area contributed by atoms with Gasteiger partial charge in [-0.1, -0.05) is 43.7 Å². The smallest absolute Gasteiger partial charge is 0.242 e. The van der Waals surface area contributed by atoms with Gasteiger partial charge in [0.25, 0.3) is 0 Å². The maximum Gasteiger partial charge on any atom is 0.242 e. The molecule has 1 fully saturated rings. The zero-order valence-electron chi connectivity index (χ0n) is 17.1. The highest BCUT2D eigenvalue weighted by molar-refractivity contribution is 5.87. The number of ether oxygens (including phenoxy) is 1. The molecular formula is C21H34ClN3O3. The lowest BCUT2D eigenvalue weighted by molar-refractivity contribution is -0.134. The van der Waals surface area contributed by atoms with E-state index >= 15 is 0 Å². The molecule has 1 aromatic rings. The second-order valence-corrected chi connectivity index (χ2v) is 7.70. The average Bonchev–Trinajstić information content (AvgIpc) is 3.16. The summed E-state index contributed by atoms with van der Waals surface area (Å²) in [4.78, 5) is 26.6. The van der Waals surface area contributed by atoms with Gasteiger partial charge in [-0.25, -0.2) is 0 Å². The first-order chi connectivity index (χ1) is 12.9. The maximum absolute atomic E-state index is 12.7. The number of hydrogen-bond acceptors (Lipinski definition) is 4. The van der Waals surface area contributed by atoms with E-state index in [0.717, 1.165) is 25.9 Å². The van der Waals surface area contributed by atoms with Gasteiger partial charge in [-0.15, -0.1) is 12.4 Å². The molecule has 0 saturated carbocycles. The van der Waals surface area contributed by atoms with Crippen molar-refractivity contribution in [3.63, 3.8) is 0 Å². The monoisotopic (exact) mass is 411 g/mol. The second kappa shape index (κ2) is 12.0. The number of nitrogens with zero attached hydrogens (tertiary/aromatic N) is 1. The number of carbonyl (C=O) groups excluding carboxylic acids is 2. The van der Waals surface area contributed by atoms with Crippen molar-refractivity contribution < 1.29 is 14.3 Å². The molecule has 28 heavy (non-hydrogen) atoms. The fourth-order valence-electron chi connectivity index (χ4n) is 3.07. The zero-order chi connectivity index (χ0) is 19.8. The van der Waals surface area contributed by atoms with Crippen LogP contribution in [-0.2, 0) is 20.7 Å². The number of aryl methyl sites for hydroxylation is 1. The van der Waals surface area contributed by atoms with Crippen LogP contribution in [0.15, 0.2) is 24.3 Å². The van der Waals surface area contributed by atoms with E-state index in [4.69, 9.17) is 10.5 Å². The van der Waals surface area contributed by atoms with Crippen molar-refractivity contribution in [3.05, 3.63) is 35.4 Å². The van der Waals surface area contributed by atoms with Crippen molar-refractivity contribution in [3.8, 4) is 0 Å². The molecule has 2 atom stereocenters. The van der Waals surface area contributed by atoms with Crippen LogP contribution in [0.3, 0.4) is 0 Å². The lowest BCUT2D eigenvalue weighted by Gasteiger charge is -2.26. The Hall–Kier alpha value is -1.63. The van der Waals surface area contributed by atoms with E-state index in [1.807, 2.05) is 13.8 Å². The molecule has 1 heterocycles. The number of nitrogens with two attached hydrogens (primary N) is 1. The number of halogens is 1. The zero-order valence-corrected chi connectivity index (χ0v) is 18.0. The fraction of sp³-hybridized carbons (Fsp3) is 0.619. The van der Waals surface area contributed by atoms with Crippen molar-refractivity contribution in [2.75, 3.05) is 26.2 Å². The predicted octanol–water partition coefficient (Wildman–Crippen LogP) is 2.07. The average molecular weight is 412 g/mol. The lowest BCUT2D eigenvalue weighted by atomic mass is 10.1. The number of carbonyl (C=O) groups is 2. The van der Waals surface area contributed by atoms with Gasteiger partial charge in [0, 0.05) is 19.7 Å². The summed E-state index contributed by atoms with van der Waals surface area (Å²) in [6, 6.07) is 7.74. The summed E-state index contributed by atoms with van der Waals surface area (Å²) in [5.74, 6) is -0.347. The molecule has 0 spiro atoms. The number of amides is 2. The Balaban J connectivity index is 0.00000392. The van der Waals surface area contributed by atoms with Crippen LogP contribution < -0.4 is 11.1 Å². The summed E-state index contributed by atoms with van der Waals surface area (Å²) in [6.45, 7) is 7.73. The van der Waals surface area contributed by atoms with E-state index in [1.165, 1.54) is 11.1 Å². The van der Waals surface area contributed by atoms with E-state index in [1.54, 1.807) is 4.90 Å². The Morgan fingerprint density at radius 1 is 1.29 bits per heavy atom. The largest absolute Gasteiger partial charge is 0.376 e. The summed E-state index contributed by atoms with van der Waals surface area (Å²) >= 11 is 0. The van der Waals surface area contributed by atoms with E-state index in [9.17, 15) is 9.59 Å². The van der Waals surface area contributed by atoms with Crippen molar-refractivity contribution in [2.24, 2.45) is 11.7 Å². The Kier molecular flexibility index (Phi) is 10.5. The molecule has 1 aliphatic rings. The third kappa shape index (κ3) is 7.78. The fourth-order valence-corrected chi connectivity index (χ4v) is 3.07. The third-order valence-corrected chi connectivity index (χ3v) is 5.03. The quantitative estimate of drug-likeness (QED) is 0.651. The molecule has 1 aliphatic heterocycles. The molecule has 2 amide bonds. The first-order valence-electron chi connectivity index (χ1n) is 9.85. The highest BCUT2D eigenvalue weighted by atomic mass is 35.5. The lowest BCUT2D eigenvalue weighted by Crippen LogP contribution is -2.49. The van der Waals surface area contributed by atoms with Gasteiger partial charge in [-0.2, -0.15) is 0 Å². The van der Waals surface area contributed by atoms with Crippen LogP contribution in [-0.4, -0.2) is 55.1 Å². The van der Waals surface area contributed by atoms with Crippen LogP contribution in [0, 0.1) is 12.8 Å². The van der Waals surface area contributed by atoms with Crippen molar-refractivity contribution in [2.45, 2.75) is 52.2 Å². The highest BCUT2D eigenvalue weighted by Crippen LogP contribution is 2.14. The number of benzene rings is 1. The SMILES string of the molecule is Cc1ccc(CCN(CC2CCCO2)C(=O)CNC(=O)[C@@H](N)C(C)C)cc1.Cl. The Bertz CT molecular complexity index is 616. The molecule has 0 aliphatic carbocycles. The molecule has 158 valence electrons. The summed E-state index contributed by atoms with van der Waals surface area (Å²) in [6.07, 6.45) is 2.86. The van der Waals surface area contributed by atoms with Crippen LogP contribution in [0.25, 0.3) is 0 Å². The predicted molar refractivity (Wildman–Crippen MR) is 114 cm³/mol. The summed E-state index contributed by atoms with van der Waals surface area (Å²) in [5.41, 5.74) is 8.25. The molecule has 1 aromatic carbocycles. The summed E-state index contributed by atoms with van der Waals surface area (Å²) in [7, 11) is 0. The Labute approximate surface area is 174 Å². The number of nitrogens with one attached hydrogen (secondary N) is 1. The van der Waals surface area contributed by atoms with Crippen LogP contribution >= 0.6 is 12.4 Å². The molecule has 0 radical (unpaired) electrons. The number of rotatable bonds is 9. The first kappa shape index (κ1) is 24.4. The minimum absolute atomic E-state index is 0. The van der Waals surface area contributed by atoms with E-state index < -0.39 is 6.04 Å². The molecule has 1 unspecified atom stereocenters. The van der Waals surface area contributed by atoms with Gasteiger partial charge in [0.05, 0.1) is 18.7 Å². The van der Waals surface area contributed by atoms with Crippen LogP contribution in [0.4, 0.5) is 0 Å². The van der Waals surface area contributed by atoms with Gasteiger partial charge in [0.1, 0.15) is 0 Å². The molecule has 0 bridgehead atoms. The highest BCUT2D eigenvalue weighted by Gasteiger charge is 2.24. The maximum atomic E-state index is 12.7. The van der Waals surface area contributed by atoms with Crippen molar-refractivity contribution in [1.82, 2.24) is 10.2 Å². The Morgan fingerprint density at radius 2 is 1.96 bits per heavy atom. The molecule has 3 N–H and O–H groups in total. The normalized spacial score (nSPS) is 17.1. The van der Waals surface area contributed by atoms with Crippen LogP contribution in [0.5, 0.6) is 0 Å². The van der Waals surface area contributed by atoms with Gasteiger partial charge in [-0.05, 0) is 37.7 Å². The van der Waals surface area contributed by atoms with E-state index in [0.29, 0.717) is 13.1 Å². The molecule has 0 aromatic heterocycles. The van der Waals surface area contributed by atoms with Crippen LogP contribution in [0.2, 0.25) is 0 Å². The van der Waals surface area contributed by atoms with Gasteiger partial charge >= 0.3 is 0 Å². The van der Waals surface area contributed by atoms with Gasteiger partial charge in [0.15, 0.2) is 0 Å². The minimum Gasteiger partial charge on any atom is -0.376 e. The second-order valence-electron chi connectivity index (χ2n) is 7.70. The molecule has 2 rings (SSSR count). The van der Waals surface area contributed by atoms with Gasteiger partial charge in [-0.3, -0.25) is 9.59 Å². The van der Waals surface area contributed by atoms with Crippen molar-refractivity contribution in [1.29, 1.82) is 0 Å². The molecule has 1 saturated heterocycles. The minimum atomic E-state index is -0.600. The molecule has 7 heteroatoms. The number of hydrogen-bond donors (Lipinski definition) is 2. The summed E-state index contributed by atoms with van der Waals surface area (Å²) < 4.78 is 5.70. The standard InChI is InChI=1S/C21H33N3O3.ClH/c1-15(2)20(22)21(26)23-13-19(25)24(14-18-5-4-12-27-18)11-10-17-8-6-16(3)7-9-17;/h6-9,15,18,20H,4-5,10-14,22H2,1-3H3,(H,23,26);1H/t18?,20-;/m0./s1. The van der Waals surface area contributed by atoms with Crippen LogP contribution in [0.1, 0.15) is 37.8 Å². The van der Waals surface area contributed by atoms with Crippen molar-refractivity contribution >= 4 is 24.2 Å². The topological polar surface area (TPSA) is 84.7 Å². The van der Waals surface area contributed by atoms with E-state index in [-0.39, 0.29) is 42.8 Å². The Morgan fingerprint density at radius 3 is 2.54 bits per heavy atom. The van der Waals surface area contributed by atoms with Gasteiger partial charge < -0.3 is 20.7 Å². The first-order valence-corrected chi connectivity index (χ1v) is 9.85. The summed E-state index contributed by atoms with van der Waals surface area (Å²) in [5, 5.41) is 2.68. The molecule has 6 nitrogen and oxygen atoms in total.